The molecule has 0 aliphatic carbocycles. The lowest BCUT2D eigenvalue weighted by atomic mass is 9.71. The molecule has 4 amide bonds. The molecule has 4 aromatic rings. The number of aromatic amines is 1. The number of rotatable bonds is 7. The van der Waals surface area contributed by atoms with Crippen LogP contribution in [0.25, 0.3) is 22.0 Å². The normalized spacial score (nSPS) is 20.3. The number of amides is 4. The molecule has 1 unspecified atom stereocenters. The molecule has 1 spiro atoms. The van der Waals surface area contributed by atoms with Gasteiger partial charge in [0.05, 0.1) is 48.0 Å². The van der Waals surface area contributed by atoms with Gasteiger partial charge >= 0.3 is 0 Å². The maximum absolute atomic E-state index is 13.3. The number of imide groups is 2. The van der Waals surface area contributed by atoms with E-state index in [1.165, 1.54) is 0 Å². The molecule has 4 aliphatic rings. The molecule has 0 saturated carbocycles. The summed E-state index contributed by atoms with van der Waals surface area (Å²) in [4.78, 5) is 68.7. The Balaban J connectivity index is 0.935. The average Bonchev–Trinajstić information content (AvgIpc) is 3.69. The van der Waals surface area contributed by atoms with Gasteiger partial charge in [-0.25, -0.2) is 0 Å². The minimum atomic E-state index is -0.979. The summed E-state index contributed by atoms with van der Waals surface area (Å²) >= 11 is 0. The zero-order valence-corrected chi connectivity index (χ0v) is 28.1. The number of likely N-dealkylation sites (tertiary alicyclic amines) is 1. The number of hydrogen-bond acceptors (Lipinski definition) is 10. The van der Waals surface area contributed by atoms with E-state index in [0.29, 0.717) is 34.5 Å². The number of aryl methyl sites for hydroxylation is 1. The number of nitrogens with zero attached hydrogens (tertiary/aromatic N) is 5. The van der Waals surface area contributed by atoms with Crippen molar-refractivity contribution in [1.29, 1.82) is 0 Å². The lowest BCUT2D eigenvalue weighted by molar-refractivity contribution is -0.136. The molecule has 8 rings (SSSR count). The number of piperidine rings is 2. The van der Waals surface area contributed by atoms with Crippen LogP contribution in [-0.2, 0) is 23.2 Å². The highest BCUT2D eigenvalue weighted by molar-refractivity contribution is 6.23. The van der Waals surface area contributed by atoms with Crippen LogP contribution in [0, 0.1) is 5.41 Å². The van der Waals surface area contributed by atoms with Crippen molar-refractivity contribution >= 4 is 40.2 Å². The third kappa shape index (κ3) is 5.04. The molecule has 258 valence electrons. The summed E-state index contributed by atoms with van der Waals surface area (Å²) in [6.07, 6.45) is 5.57. The van der Waals surface area contributed by atoms with Crippen molar-refractivity contribution in [3.8, 4) is 22.6 Å². The summed E-state index contributed by atoms with van der Waals surface area (Å²) in [6.45, 7) is 4.15. The quantitative estimate of drug-likeness (QED) is 0.278. The Labute approximate surface area is 286 Å². The molecule has 14 nitrogen and oxygen atoms in total. The predicted molar refractivity (Wildman–Crippen MR) is 182 cm³/mol. The molecule has 3 saturated heterocycles. The van der Waals surface area contributed by atoms with Crippen molar-refractivity contribution in [2.75, 3.05) is 45.3 Å². The largest absolute Gasteiger partial charge is 0.496 e. The number of hydrogen-bond donors (Lipinski definition) is 2. The van der Waals surface area contributed by atoms with Crippen LogP contribution in [0.5, 0.6) is 11.5 Å². The first kappa shape index (κ1) is 31.7. The fraction of sp³-hybridized carbons (Fsp3) is 0.389. The first-order valence-electron chi connectivity index (χ1n) is 16.7. The standard InChI is InChI=1S/C36H37N7O7/c1-40-16-25(31-24(33(40)46)15-37-39-31)20-12-28(49-2)26(29(13-20)50-3)17-41-10-8-36(9-11-41)18-42(19-36)21-4-5-22-23(14-21)35(48)43(34(22)47)27-6-7-30(44)38-32(27)45/h4-5,12-16,27H,6-11,17-19H2,1-3H3,(H,37,39)(H,38,44,45). The van der Waals surface area contributed by atoms with Crippen LogP contribution in [0.3, 0.4) is 0 Å². The molecule has 0 radical (unpaired) electrons. The van der Waals surface area contributed by atoms with Crippen molar-refractivity contribution < 1.29 is 28.7 Å². The maximum Gasteiger partial charge on any atom is 0.262 e. The van der Waals surface area contributed by atoms with E-state index in [0.717, 1.165) is 66.3 Å². The van der Waals surface area contributed by atoms with E-state index >= 15 is 0 Å². The second kappa shape index (κ2) is 11.8. The highest BCUT2D eigenvalue weighted by Gasteiger charge is 2.47. The Morgan fingerprint density at radius 1 is 0.920 bits per heavy atom. The number of methoxy groups -OCH3 is 2. The van der Waals surface area contributed by atoms with Crippen molar-refractivity contribution in [2.24, 2.45) is 12.5 Å². The number of aromatic nitrogens is 3. The number of H-pyrrole nitrogens is 1. The summed E-state index contributed by atoms with van der Waals surface area (Å²) in [5.74, 6) is -0.588. The number of anilines is 1. The SMILES string of the molecule is COc1cc(-c2cn(C)c(=O)c3cn[nH]c23)cc(OC)c1CN1CCC2(CC1)CN(c1ccc3c(c1)C(=O)N(C1CCC(=O)NC1=O)C3=O)C2. The number of nitrogens with one attached hydrogen (secondary N) is 2. The lowest BCUT2D eigenvalue weighted by Crippen LogP contribution is -2.60. The van der Waals surface area contributed by atoms with Gasteiger partial charge in [-0.3, -0.25) is 44.2 Å². The second-order valence-corrected chi connectivity index (χ2v) is 13.8. The summed E-state index contributed by atoms with van der Waals surface area (Å²) in [6, 6.07) is 8.28. The topological polar surface area (TPSA) is 159 Å². The van der Waals surface area contributed by atoms with Crippen LogP contribution in [-0.4, -0.2) is 94.6 Å². The van der Waals surface area contributed by atoms with E-state index < -0.39 is 29.7 Å². The van der Waals surface area contributed by atoms with Crippen molar-refractivity contribution in [2.45, 2.75) is 38.3 Å². The molecule has 3 fully saturated rings. The van der Waals surface area contributed by atoms with Gasteiger partial charge < -0.3 is 18.9 Å². The molecule has 0 bridgehead atoms. The van der Waals surface area contributed by atoms with Crippen molar-refractivity contribution in [3.05, 3.63) is 69.8 Å². The molecule has 14 heteroatoms. The van der Waals surface area contributed by atoms with E-state index in [4.69, 9.17) is 9.47 Å². The Bertz CT molecular complexity index is 2130. The van der Waals surface area contributed by atoms with Crippen LogP contribution in [0.1, 0.15) is 52.0 Å². The second-order valence-electron chi connectivity index (χ2n) is 13.8. The van der Waals surface area contributed by atoms with Crippen LogP contribution >= 0.6 is 0 Å². The predicted octanol–water partition coefficient (Wildman–Crippen LogP) is 2.45. The van der Waals surface area contributed by atoms with Gasteiger partial charge in [-0.1, -0.05) is 0 Å². The summed E-state index contributed by atoms with van der Waals surface area (Å²) in [5.41, 5.74) is 4.79. The monoisotopic (exact) mass is 679 g/mol. The number of benzene rings is 2. The number of carbonyl (C=O) groups excluding carboxylic acids is 4. The molecule has 1 atom stereocenters. The van der Waals surface area contributed by atoms with Crippen LogP contribution in [0.2, 0.25) is 0 Å². The van der Waals surface area contributed by atoms with Crippen LogP contribution < -0.4 is 25.2 Å². The van der Waals surface area contributed by atoms with Gasteiger partial charge in [0, 0.05) is 56.0 Å². The fourth-order valence-corrected chi connectivity index (χ4v) is 8.00. The third-order valence-electron chi connectivity index (χ3n) is 10.8. The van der Waals surface area contributed by atoms with Gasteiger partial charge in [0.25, 0.3) is 17.4 Å². The number of fused-ring (bicyclic) bond motifs is 2. The summed E-state index contributed by atoms with van der Waals surface area (Å²) in [5, 5.41) is 9.81. The molecular formula is C36H37N7O7. The van der Waals surface area contributed by atoms with Crippen LogP contribution in [0.4, 0.5) is 5.69 Å². The zero-order valence-electron chi connectivity index (χ0n) is 28.1. The maximum atomic E-state index is 13.3. The van der Waals surface area contributed by atoms with Gasteiger partial charge in [-0.05, 0) is 68.2 Å². The Morgan fingerprint density at radius 2 is 1.62 bits per heavy atom. The van der Waals surface area contributed by atoms with Crippen molar-refractivity contribution in [3.63, 3.8) is 0 Å². The number of ether oxygens (including phenoxy) is 2. The minimum absolute atomic E-state index is 0.0869. The first-order valence-corrected chi connectivity index (χ1v) is 16.7. The highest BCUT2D eigenvalue weighted by Crippen LogP contribution is 2.45. The van der Waals surface area contributed by atoms with Crippen molar-refractivity contribution in [1.82, 2.24) is 29.9 Å². The number of carbonyl (C=O) groups is 4. The van der Waals surface area contributed by atoms with E-state index in [1.807, 2.05) is 18.2 Å². The number of pyridine rings is 1. The van der Waals surface area contributed by atoms with E-state index in [1.54, 1.807) is 50.4 Å². The van der Waals surface area contributed by atoms with Gasteiger partial charge in [0.1, 0.15) is 17.5 Å². The van der Waals surface area contributed by atoms with Gasteiger partial charge in [0.15, 0.2) is 0 Å². The molecule has 2 aromatic heterocycles. The van der Waals surface area contributed by atoms with E-state index in [2.05, 4.69) is 25.3 Å². The fourth-order valence-electron chi connectivity index (χ4n) is 8.00. The smallest absolute Gasteiger partial charge is 0.262 e. The summed E-state index contributed by atoms with van der Waals surface area (Å²) in [7, 11) is 5.02. The lowest BCUT2D eigenvalue weighted by Gasteiger charge is -2.55. The molecule has 4 aliphatic heterocycles. The van der Waals surface area contributed by atoms with Gasteiger partial charge in [-0.15, -0.1) is 0 Å². The molecule has 6 heterocycles. The molecule has 2 N–H and O–H groups in total. The Morgan fingerprint density at radius 3 is 2.30 bits per heavy atom. The minimum Gasteiger partial charge on any atom is -0.496 e. The molecule has 50 heavy (non-hydrogen) atoms. The summed E-state index contributed by atoms with van der Waals surface area (Å²) < 4.78 is 13.3. The highest BCUT2D eigenvalue weighted by atomic mass is 16.5. The average molecular weight is 680 g/mol. The van der Waals surface area contributed by atoms with Gasteiger partial charge in [-0.2, -0.15) is 5.10 Å². The Hall–Kier alpha value is -5.50. The first-order chi connectivity index (χ1) is 24.1. The van der Waals surface area contributed by atoms with E-state index in [-0.39, 0.29) is 29.4 Å². The third-order valence-corrected chi connectivity index (χ3v) is 10.8. The Kier molecular flexibility index (Phi) is 7.51. The zero-order chi connectivity index (χ0) is 34.9. The van der Waals surface area contributed by atoms with E-state index in [9.17, 15) is 24.0 Å². The molecular weight excluding hydrogens is 642 g/mol. The van der Waals surface area contributed by atoms with Gasteiger partial charge in [0.2, 0.25) is 11.8 Å². The van der Waals surface area contributed by atoms with Crippen LogP contribution in [0.15, 0.2) is 47.5 Å². The molecule has 2 aromatic carbocycles.